The van der Waals surface area contributed by atoms with E-state index in [1.54, 1.807) is 6.20 Å². The lowest BCUT2D eigenvalue weighted by atomic mass is 10.0. The predicted octanol–water partition coefficient (Wildman–Crippen LogP) is 2.05. The molecule has 1 aliphatic heterocycles. The zero-order valence-electron chi connectivity index (χ0n) is 9.35. The zero-order valence-corrected chi connectivity index (χ0v) is 10.2. The number of rotatable bonds is 2. The van der Waals surface area contributed by atoms with E-state index in [4.69, 9.17) is 5.73 Å². The smallest absolute Gasteiger partial charge is 0.251 e. The molecule has 0 fully saturated rings. The minimum atomic E-state index is -0.342. The van der Waals surface area contributed by atoms with Gasteiger partial charge >= 0.3 is 0 Å². The summed E-state index contributed by atoms with van der Waals surface area (Å²) in [5.41, 5.74) is 8.15. The largest absolute Gasteiger partial charge is 0.366 e. The third kappa shape index (κ3) is 1.67. The minimum Gasteiger partial charge on any atom is -0.366 e. The normalized spacial score (nSPS) is 14.6. The number of primary amides is 1. The van der Waals surface area contributed by atoms with Crippen LogP contribution in [0.15, 0.2) is 17.8 Å². The van der Waals surface area contributed by atoms with Crippen LogP contribution in [0.3, 0.4) is 0 Å². The first-order valence-corrected chi connectivity index (χ1v) is 6.57. The molecular weight excluding hydrogens is 234 g/mol. The maximum Gasteiger partial charge on any atom is 0.251 e. The average Bonchev–Trinajstić information content (AvgIpc) is 2.95. The van der Waals surface area contributed by atoms with Gasteiger partial charge in [0.1, 0.15) is 5.01 Å². The Labute approximate surface area is 103 Å². The molecule has 0 aliphatic carbocycles. The Bertz CT molecular complexity index is 557. The molecule has 1 aliphatic rings. The van der Waals surface area contributed by atoms with Crippen molar-refractivity contribution in [2.45, 2.75) is 25.8 Å². The summed E-state index contributed by atoms with van der Waals surface area (Å²) in [6, 6.07) is 0. The van der Waals surface area contributed by atoms with Crippen LogP contribution in [-0.4, -0.2) is 15.5 Å². The van der Waals surface area contributed by atoms with Crippen LogP contribution in [-0.2, 0) is 13.0 Å². The molecule has 2 N–H and O–H groups in total. The summed E-state index contributed by atoms with van der Waals surface area (Å²) in [4.78, 5) is 15.9. The van der Waals surface area contributed by atoms with Gasteiger partial charge < -0.3 is 10.3 Å². The standard InChI is InChI=1S/C12H13N3OS/c13-11(16)10-8(12-14-4-6-17-12)7-15-5-2-1-3-9(10)15/h4,6-7H,1-3,5H2,(H2,13,16). The Kier molecular flexibility index (Phi) is 2.48. The molecule has 5 heteroatoms. The first-order chi connectivity index (χ1) is 8.27. The number of hydrogen-bond donors (Lipinski definition) is 1. The van der Waals surface area contributed by atoms with E-state index in [2.05, 4.69) is 9.55 Å². The van der Waals surface area contributed by atoms with Crippen molar-refractivity contribution in [1.29, 1.82) is 0 Å². The highest BCUT2D eigenvalue weighted by atomic mass is 32.1. The van der Waals surface area contributed by atoms with E-state index in [0.29, 0.717) is 5.56 Å². The molecule has 0 atom stereocenters. The molecule has 0 spiro atoms. The summed E-state index contributed by atoms with van der Waals surface area (Å²) in [7, 11) is 0. The lowest BCUT2D eigenvalue weighted by Crippen LogP contribution is -2.17. The minimum absolute atomic E-state index is 0.342. The molecule has 0 radical (unpaired) electrons. The molecule has 17 heavy (non-hydrogen) atoms. The molecule has 0 unspecified atom stereocenters. The molecule has 0 saturated heterocycles. The molecule has 1 amide bonds. The summed E-state index contributed by atoms with van der Waals surface area (Å²) >= 11 is 1.54. The fourth-order valence-electron chi connectivity index (χ4n) is 2.43. The van der Waals surface area contributed by atoms with Gasteiger partial charge in [0.05, 0.1) is 5.56 Å². The quantitative estimate of drug-likeness (QED) is 0.882. The van der Waals surface area contributed by atoms with Crippen molar-refractivity contribution in [3.63, 3.8) is 0 Å². The van der Waals surface area contributed by atoms with Crippen molar-refractivity contribution < 1.29 is 4.79 Å². The molecule has 3 heterocycles. The summed E-state index contributed by atoms with van der Waals surface area (Å²) in [6.45, 7) is 0.973. The maximum atomic E-state index is 11.6. The van der Waals surface area contributed by atoms with Gasteiger partial charge in [-0.1, -0.05) is 0 Å². The number of aromatic nitrogens is 2. The van der Waals surface area contributed by atoms with Crippen molar-refractivity contribution in [1.82, 2.24) is 9.55 Å². The molecule has 0 saturated carbocycles. The van der Waals surface area contributed by atoms with Crippen molar-refractivity contribution in [2.75, 3.05) is 0 Å². The van der Waals surface area contributed by atoms with Crippen LogP contribution in [0.1, 0.15) is 28.9 Å². The number of hydrogen-bond acceptors (Lipinski definition) is 3. The first kappa shape index (κ1) is 10.5. The predicted molar refractivity (Wildman–Crippen MR) is 67.0 cm³/mol. The number of fused-ring (bicyclic) bond motifs is 1. The maximum absolute atomic E-state index is 11.6. The SMILES string of the molecule is NC(=O)c1c(-c2nccs2)cn2c1CCCC2. The molecule has 0 aromatic carbocycles. The van der Waals surface area contributed by atoms with Crippen molar-refractivity contribution in [3.8, 4) is 10.6 Å². The van der Waals surface area contributed by atoms with Gasteiger partial charge in [0.25, 0.3) is 5.91 Å². The number of carbonyl (C=O) groups is 1. The molecule has 3 rings (SSSR count). The Hall–Kier alpha value is -1.62. The number of aryl methyl sites for hydroxylation is 1. The van der Waals surface area contributed by atoms with E-state index >= 15 is 0 Å². The van der Waals surface area contributed by atoms with Gasteiger partial charge in [0.2, 0.25) is 0 Å². The van der Waals surface area contributed by atoms with Gasteiger partial charge in [-0.25, -0.2) is 4.98 Å². The number of nitrogens with zero attached hydrogens (tertiary/aromatic N) is 2. The molecule has 2 aromatic heterocycles. The topological polar surface area (TPSA) is 60.9 Å². The highest BCUT2D eigenvalue weighted by Crippen LogP contribution is 2.32. The van der Waals surface area contributed by atoms with Crippen LogP contribution in [0, 0.1) is 0 Å². The summed E-state index contributed by atoms with van der Waals surface area (Å²) in [5, 5.41) is 2.79. The average molecular weight is 247 g/mol. The second kappa shape index (κ2) is 4.00. The van der Waals surface area contributed by atoms with Crippen LogP contribution in [0.2, 0.25) is 0 Å². The summed E-state index contributed by atoms with van der Waals surface area (Å²) in [5.74, 6) is -0.342. The lowest BCUT2D eigenvalue weighted by Gasteiger charge is -2.15. The van der Waals surface area contributed by atoms with E-state index in [1.807, 2.05) is 11.6 Å². The highest BCUT2D eigenvalue weighted by molar-refractivity contribution is 7.13. The van der Waals surface area contributed by atoms with Crippen molar-refractivity contribution in [2.24, 2.45) is 5.73 Å². The molecule has 0 bridgehead atoms. The lowest BCUT2D eigenvalue weighted by molar-refractivity contribution is 0.0999. The number of carbonyl (C=O) groups excluding carboxylic acids is 1. The summed E-state index contributed by atoms with van der Waals surface area (Å²) in [6.07, 6.45) is 7.00. The fourth-order valence-corrected chi connectivity index (χ4v) is 3.09. The third-order valence-electron chi connectivity index (χ3n) is 3.16. The Morgan fingerprint density at radius 1 is 1.47 bits per heavy atom. The molecule has 4 nitrogen and oxygen atoms in total. The number of amides is 1. The van der Waals surface area contributed by atoms with Gasteiger partial charge in [-0.2, -0.15) is 0 Å². The highest BCUT2D eigenvalue weighted by Gasteiger charge is 2.23. The fraction of sp³-hybridized carbons (Fsp3) is 0.333. The van der Waals surface area contributed by atoms with Crippen molar-refractivity contribution >= 4 is 17.2 Å². The summed E-state index contributed by atoms with van der Waals surface area (Å²) < 4.78 is 2.15. The monoisotopic (exact) mass is 247 g/mol. The van der Waals surface area contributed by atoms with Crippen LogP contribution in [0.4, 0.5) is 0 Å². The zero-order chi connectivity index (χ0) is 11.8. The number of nitrogens with two attached hydrogens (primary N) is 1. The van der Waals surface area contributed by atoms with Crippen LogP contribution < -0.4 is 5.73 Å². The van der Waals surface area contributed by atoms with Gasteiger partial charge in [0, 0.05) is 35.6 Å². The van der Waals surface area contributed by atoms with Gasteiger partial charge in [-0.3, -0.25) is 4.79 Å². The molecule has 88 valence electrons. The molecule has 2 aromatic rings. The van der Waals surface area contributed by atoms with Gasteiger partial charge in [-0.05, 0) is 19.3 Å². The first-order valence-electron chi connectivity index (χ1n) is 5.69. The second-order valence-electron chi connectivity index (χ2n) is 4.22. The third-order valence-corrected chi connectivity index (χ3v) is 3.97. The van der Waals surface area contributed by atoms with E-state index in [1.165, 1.54) is 11.3 Å². The van der Waals surface area contributed by atoms with Crippen LogP contribution in [0.25, 0.3) is 10.6 Å². The van der Waals surface area contributed by atoms with Gasteiger partial charge in [0.15, 0.2) is 0 Å². The Morgan fingerprint density at radius 2 is 2.35 bits per heavy atom. The molecular formula is C12H13N3OS. The van der Waals surface area contributed by atoms with E-state index in [0.717, 1.165) is 42.1 Å². The van der Waals surface area contributed by atoms with Gasteiger partial charge in [-0.15, -0.1) is 11.3 Å². The Morgan fingerprint density at radius 3 is 3.06 bits per heavy atom. The van der Waals surface area contributed by atoms with E-state index in [-0.39, 0.29) is 5.91 Å². The van der Waals surface area contributed by atoms with Crippen molar-refractivity contribution in [3.05, 3.63) is 29.0 Å². The van der Waals surface area contributed by atoms with E-state index in [9.17, 15) is 4.79 Å². The van der Waals surface area contributed by atoms with E-state index < -0.39 is 0 Å². The van der Waals surface area contributed by atoms with Crippen LogP contribution >= 0.6 is 11.3 Å². The number of thiazole rings is 1. The Balaban J connectivity index is 2.21. The second-order valence-corrected chi connectivity index (χ2v) is 5.11. The van der Waals surface area contributed by atoms with Crippen LogP contribution in [0.5, 0.6) is 0 Å².